The molecule has 1 aromatic carbocycles. The average molecular weight is 263 g/mol. The molecule has 1 N–H and O–H groups in total. The molecule has 0 fully saturated rings. The number of ether oxygens (including phenoxy) is 1. The highest BCUT2D eigenvalue weighted by molar-refractivity contribution is 6.13. The molecule has 7 heteroatoms. The van der Waals surface area contributed by atoms with Crippen LogP contribution in [0.5, 0.6) is 0 Å². The first-order chi connectivity index (χ1) is 9.00. The minimum atomic E-state index is -1.66. The van der Waals surface area contributed by atoms with Crippen LogP contribution >= 0.6 is 0 Å². The summed E-state index contributed by atoms with van der Waals surface area (Å²) in [6.07, 6.45) is 0.663. The van der Waals surface area contributed by atoms with Crippen LogP contribution in [-0.4, -0.2) is 27.9 Å². The molecular weight excluding hydrogens is 254 g/mol. The van der Waals surface area contributed by atoms with Gasteiger partial charge in [0.15, 0.2) is 5.78 Å². The summed E-state index contributed by atoms with van der Waals surface area (Å²) in [6, 6.07) is 4.89. The number of aliphatic hydroxyl groups is 1. The van der Waals surface area contributed by atoms with E-state index in [0.29, 0.717) is 0 Å². The lowest BCUT2D eigenvalue weighted by atomic mass is 9.92. The maximum Gasteiger partial charge on any atom is 0.269 e. The van der Waals surface area contributed by atoms with Crippen molar-refractivity contribution in [1.82, 2.24) is 0 Å². The van der Waals surface area contributed by atoms with Crippen molar-refractivity contribution in [2.24, 2.45) is 5.92 Å². The number of ketones is 2. The molecule has 0 saturated carbocycles. The quantitative estimate of drug-likeness (QED) is 0.374. The van der Waals surface area contributed by atoms with E-state index in [0.717, 1.165) is 6.26 Å². The molecule has 2 rings (SSSR count). The van der Waals surface area contributed by atoms with Gasteiger partial charge in [0, 0.05) is 17.7 Å². The van der Waals surface area contributed by atoms with E-state index in [-0.39, 0.29) is 11.3 Å². The first kappa shape index (κ1) is 12.9. The Morgan fingerprint density at radius 1 is 1.32 bits per heavy atom. The summed E-state index contributed by atoms with van der Waals surface area (Å²) in [7, 11) is 0. The summed E-state index contributed by atoms with van der Waals surface area (Å²) in [5.41, 5.74) is 0.00753. The molecular formula is C12H9NO6. The monoisotopic (exact) mass is 263 g/mol. The van der Waals surface area contributed by atoms with E-state index in [9.17, 15) is 24.8 Å². The topological polar surface area (TPSA) is 107 Å². The van der Waals surface area contributed by atoms with Gasteiger partial charge in [-0.05, 0) is 18.2 Å². The maximum absolute atomic E-state index is 12.0. The Balaban J connectivity index is 2.24. The normalized spacial score (nSPS) is 21.8. The highest BCUT2D eigenvalue weighted by atomic mass is 16.6. The number of nitro groups is 1. The highest BCUT2D eigenvalue weighted by Crippen LogP contribution is 2.19. The van der Waals surface area contributed by atoms with Gasteiger partial charge < -0.3 is 9.84 Å². The fourth-order valence-corrected chi connectivity index (χ4v) is 1.66. The number of rotatable bonds is 3. The highest BCUT2D eigenvalue weighted by Gasteiger charge is 2.33. The second kappa shape index (κ2) is 4.99. The van der Waals surface area contributed by atoms with Gasteiger partial charge in [0.2, 0.25) is 5.78 Å². The zero-order valence-corrected chi connectivity index (χ0v) is 9.55. The summed E-state index contributed by atoms with van der Waals surface area (Å²) in [5, 5.41) is 19.7. The van der Waals surface area contributed by atoms with Crippen LogP contribution in [-0.2, 0) is 9.53 Å². The second-order valence-electron chi connectivity index (χ2n) is 3.87. The Labute approximate surface area is 107 Å². The van der Waals surface area contributed by atoms with Crippen LogP contribution in [0.15, 0.2) is 36.6 Å². The van der Waals surface area contributed by atoms with Crippen molar-refractivity contribution in [3.63, 3.8) is 0 Å². The molecule has 19 heavy (non-hydrogen) atoms. The van der Waals surface area contributed by atoms with Gasteiger partial charge >= 0.3 is 0 Å². The molecule has 0 amide bonds. The van der Waals surface area contributed by atoms with E-state index >= 15 is 0 Å². The van der Waals surface area contributed by atoms with Crippen LogP contribution in [0.25, 0.3) is 0 Å². The Bertz CT molecular complexity index is 562. The van der Waals surface area contributed by atoms with Gasteiger partial charge in [-0.25, -0.2) is 0 Å². The lowest BCUT2D eigenvalue weighted by molar-refractivity contribution is -0.384. The molecule has 0 aromatic heterocycles. The summed E-state index contributed by atoms with van der Waals surface area (Å²) in [4.78, 5) is 33.5. The number of hydrogen-bond donors (Lipinski definition) is 1. The molecule has 1 heterocycles. The number of nitro benzene ring substituents is 1. The molecule has 7 nitrogen and oxygen atoms in total. The number of allylic oxidation sites excluding steroid dienone is 1. The average Bonchev–Trinajstić information content (AvgIpc) is 2.41. The number of carbonyl (C=O) groups is 2. The fraction of sp³-hybridized carbons (Fsp3) is 0.167. The van der Waals surface area contributed by atoms with Crippen molar-refractivity contribution in [2.75, 3.05) is 0 Å². The maximum atomic E-state index is 12.0. The number of carbonyl (C=O) groups excluding carboxylic acids is 2. The summed E-state index contributed by atoms with van der Waals surface area (Å²) in [6.45, 7) is 0. The molecule has 0 bridgehead atoms. The predicted molar refractivity (Wildman–Crippen MR) is 62.2 cm³/mol. The van der Waals surface area contributed by atoms with Gasteiger partial charge in [-0.1, -0.05) is 0 Å². The van der Waals surface area contributed by atoms with Crippen molar-refractivity contribution in [3.05, 3.63) is 52.3 Å². The predicted octanol–water partition coefficient (Wildman–Crippen LogP) is 0.825. The number of benzene rings is 1. The van der Waals surface area contributed by atoms with Crippen molar-refractivity contribution in [2.45, 2.75) is 6.29 Å². The first-order valence-electron chi connectivity index (χ1n) is 5.33. The fourth-order valence-electron chi connectivity index (χ4n) is 1.66. The van der Waals surface area contributed by atoms with Crippen LogP contribution in [0.1, 0.15) is 10.4 Å². The van der Waals surface area contributed by atoms with E-state index in [1.54, 1.807) is 0 Å². The summed E-state index contributed by atoms with van der Waals surface area (Å²) < 4.78 is 4.54. The summed E-state index contributed by atoms with van der Waals surface area (Å²) in [5.74, 6) is -2.44. The number of non-ortho nitro benzene ring substituents is 1. The third-order valence-corrected chi connectivity index (χ3v) is 2.67. The zero-order chi connectivity index (χ0) is 14.0. The Kier molecular flexibility index (Phi) is 3.39. The Hall–Kier alpha value is -2.54. The van der Waals surface area contributed by atoms with Crippen molar-refractivity contribution >= 4 is 17.3 Å². The van der Waals surface area contributed by atoms with Crippen molar-refractivity contribution in [3.8, 4) is 0 Å². The molecule has 0 saturated heterocycles. The number of aliphatic hydroxyl groups excluding tert-OH is 1. The zero-order valence-electron chi connectivity index (χ0n) is 9.55. The molecule has 2 unspecified atom stereocenters. The molecule has 1 aliphatic heterocycles. The molecule has 0 aliphatic carbocycles. The summed E-state index contributed by atoms with van der Waals surface area (Å²) >= 11 is 0. The third-order valence-electron chi connectivity index (χ3n) is 2.67. The van der Waals surface area contributed by atoms with E-state index < -0.39 is 28.7 Å². The molecule has 0 radical (unpaired) electrons. The van der Waals surface area contributed by atoms with Crippen LogP contribution < -0.4 is 0 Å². The minimum Gasteiger partial charge on any atom is -0.465 e. The molecule has 98 valence electrons. The smallest absolute Gasteiger partial charge is 0.269 e. The molecule has 1 aliphatic rings. The number of Topliss-reactive ketones (excluding diaryl/α,β-unsaturated/α-hetero) is 2. The van der Waals surface area contributed by atoms with Crippen molar-refractivity contribution < 1.29 is 24.4 Å². The minimum absolute atomic E-state index is 0.148. The number of nitrogens with zero attached hydrogens (tertiary/aromatic N) is 1. The lowest BCUT2D eigenvalue weighted by Gasteiger charge is -2.19. The van der Waals surface area contributed by atoms with Crippen LogP contribution in [0, 0.1) is 16.0 Å². The van der Waals surface area contributed by atoms with Crippen LogP contribution in [0.2, 0.25) is 0 Å². The number of hydrogen-bond acceptors (Lipinski definition) is 6. The van der Waals surface area contributed by atoms with Gasteiger partial charge in [0.05, 0.1) is 11.2 Å². The van der Waals surface area contributed by atoms with Gasteiger partial charge in [0.1, 0.15) is 5.92 Å². The van der Waals surface area contributed by atoms with Gasteiger partial charge in [-0.3, -0.25) is 19.7 Å². The van der Waals surface area contributed by atoms with Crippen LogP contribution in [0.4, 0.5) is 5.69 Å². The Morgan fingerprint density at radius 2 is 1.95 bits per heavy atom. The lowest BCUT2D eigenvalue weighted by Crippen LogP contribution is -2.35. The van der Waals surface area contributed by atoms with E-state index in [1.165, 1.54) is 30.3 Å². The van der Waals surface area contributed by atoms with E-state index in [2.05, 4.69) is 4.74 Å². The molecule has 0 spiro atoms. The standard InChI is InChI=1S/C12H9NO6/c14-10(9-5-6-19-12(16)11(9)15)7-1-3-8(4-2-7)13(17)18/h1-6,9,12,16H. The van der Waals surface area contributed by atoms with E-state index in [4.69, 9.17) is 0 Å². The van der Waals surface area contributed by atoms with Crippen LogP contribution in [0.3, 0.4) is 0 Å². The van der Waals surface area contributed by atoms with Crippen molar-refractivity contribution in [1.29, 1.82) is 0 Å². The Morgan fingerprint density at radius 3 is 2.53 bits per heavy atom. The largest absolute Gasteiger partial charge is 0.465 e. The van der Waals surface area contributed by atoms with Gasteiger partial charge in [-0.2, -0.15) is 0 Å². The molecule has 2 atom stereocenters. The second-order valence-corrected chi connectivity index (χ2v) is 3.87. The van der Waals surface area contributed by atoms with Gasteiger partial charge in [0.25, 0.3) is 12.0 Å². The SMILES string of the molecule is O=C(c1ccc([N+](=O)[O-])cc1)C1C=COC(O)C1=O. The molecule has 1 aromatic rings. The van der Waals surface area contributed by atoms with Gasteiger partial charge in [-0.15, -0.1) is 0 Å². The third kappa shape index (κ3) is 2.50. The van der Waals surface area contributed by atoms with E-state index in [1.807, 2.05) is 0 Å². The first-order valence-corrected chi connectivity index (χ1v) is 5.33.